The van der Waals surface area contributed by atoms with Crippen molar-refractivity contribution in [3.8, 4) is 0 Å². The summed E-state index contributed by atoms with van der Waals surface area (Å²) >= 11 is 0. The Morgan fingerprint density at radius 1 is 1.57 bits per heavy atom. The third kappa shape index (κ3) is 2.45. The van der Waals surface area contributed by atoms with E-state index in [4.69, 9.17) is 5.73 Å². The first-order chi connectivity index (χ1) is 6.70. The van der Waals surface area contributed by atoms with Gasteiger partial charge in [-0.1, -0.05) is 13.8 Å². The summed E-state index contributed by atoms with van der Waals surface area (Å²) in [4.78, 5) is 13.5. The lowest BCUT2D eigenvalue weighted by molar-refractivity contribution is -0.124. The molecule has 0 spiro atoms. The van der Waals surface area contributed by atoms with E-state index < -0.39 is 0 Å². The molecule has 0 aromatic rings. The Morgan fingerprint density at radius 2 is 2.21 bits per heavy atom. The minimum absolute atomic E-state index is 0.0814. The van der Waals surface area contributed by atoms with Crippen LogP contribution in [-0.2, 0) is 4.79 Å². The van der Waals surface area contributed by atoms with Crippen molar-refractivity contribution in [2.75, 3.05) is 19.6 Å². The molecule has 1 aliphatic heterocycles. The second-order valence-corrected chi connectivity index (χ2v) is 3.88. The number of nitrogens with one attached hydrogen (secondary N) is 1. The highest BCUT2D eigenvalue weighted by Gasteiger charge is 2.31. The molecular formula is C10H21N3O. The maximum absolute atomic E-state index is 11.3. The van der Waals surface area contributed by atoms with Gasteiger partial charge in [0.15, 0.2) is 0 Å². The van der Waals surface area contributed by atoms with E-state index in [0.717, 1.165) is 32.5 Å². The Balaban J connectivity index is 2.57. The van der Waals surface area contributed by atoms with Crippen molar-refractivity contribution in [1.29, 1.82) is 0 Å². The van der Waals surface area contributed by atoms with Gasteiger partial charge in [-0.05, 0) is 19.4 Å². The van der Waals surface area contributed by atoms with E-state index in [2.05, 4.69) is 17.1 Å². The lowest BCUT2D eigenvalue weighted by Gasteiger charge is -2.41. The molecule has 0 bridgehead atoms. The molecule has 1 fully saturated rings. The molecule has 4 heteroatoms. The molecule has 0 aromatic heterocycles. The molecule has 0 aromatic carbocycles. The largest absolute Gasteiger partial charge is 0.368 e. The van der Waals surface area contributed by atoms with Crippen molar-refractivity contribution in [3.63, 3.8) is 0 Å². The van der Waals surface area contributed by atoms with Crippen molar-refractivity contribution in [1.82, 2.24) is 10.2 Å². The van der Waals surface area contributed by atoms with Crippen LogP contribution in [-0.4, -0.2) is 42.5 Å². The summed E-state index contributed by atoms with van der Waals surface area (Å²) in [5.41, 5.74) is 5.39. The van der Waals surface area contributed by atoms with Crippen molar-refractivity contribution < 1.29 is 4.79 Å². The number of nitrogens with zero attached hydrogens (tertiary/aromatic N) is 1. The number of hydrogen-bond donors (Lipinski definition) is 2. The topological polar surface area (TPSA) is 58.4 Å². The van der Waals surface area contributed by atoms with Gasteiger partial charge in [-0.3, -0.25) is 9.69 Å². The lowest BCUT2D eigenvalue weighted by atomic mass is 10.0. The van der Waals surface area contributed by atoms with Crippen LogP contribution in [0, 0.1) is 0 Å². The summed E-state index contributed by atoms with van der Waals surface area (Å²) in [5, 5.41) is 3.22. The molecule has 1 aliphatic rings. The highest BCUT2D eigenvalue weighted by molar-refractivity contribution is 5.79. The average molecular weight is 199 g/mol. The quantitative estimate of drug-likeness (QED) is 0.630. The van der Waals surface area contributed by atoms with Gasteiger partial charge in [0, 0.05) is 19.1 Å². The van der Waals surface area contributed by atoms with Crippen LogP contribution in [0.4, 0.5) is 0 Å². The monoisotopic (exact) mass is 199 g/mol. The third-order valence-electron chi connectivity index (χ3n) is 2.83. The number of hydrogen-bond acceptors (Lipinski definition) is 3. The molecule has 0 aliphatic carbocycles. The molecular weight excluding hydrogens is 178 g/mol. The third-order valence-corrected chi connectivity index (χ3v) is 2.83. The normalized spacial score (nSPS) is 19.4. The van der Waals surface area contributed by atoms with Gasteiger partial charge >= 0.3 is 0 Å². The first-order valence-electron chi connectivity index (χ1n) is 5.46. The fraction of sp³-hybridized carbons (Fsp3) is 0.900. The van der Waals surface area contributed by atoms with Crippen LogP contribution in [0.1, 0.15) is 26.7 Å². The Hall–Kier alpha value is -0.610. The van der Waals surface area contributed by atoms with Gasteiger partial charge in [0.2, 0.25) is 5.91 Å². The molecule has 82 valence electrons. The molecule has 1 atom stereocenters. The highest BCUT2D eigenvalue weighted by atomic mass is 16.1. The Labute approximate surface area is 85.8 Å². The second-order valence-electron chi connectivity index (χ2n) is 3.88. The highest BCUT2D eigenvalue weighted by Crippen LogP contribution is 2.13. The fourth-order valence-electron chi connectivity index (χ4n) is 1.96. The van der Waals surface area contributed by atoms with Crippen LogP contribution < -0.4 is 11.1 Å². The van der Waals surface area contributed by atoms with Gasteiger partial charge in [-0.25, -0.2) is 0 Å². The molecule has 0 saturated carbocycles. The van der Waals surface area contributed by atoms with E-state index in [1.807, 2.05) is 6.92 Å². The van der Waals surface area contributed by atoms with Crippen molar-refractivity contribution in [2.45, 2.75) is 38.8 Å². The smallest absolute Gasteiger partial charge is 0.234 e. The molecule has 1 saturated heterocycles. The molecule has 3 N–H and O–H groups in total. The van der Waals surface area contributed by atoms with Gasteiger partial charge in [0.1, 0.15) is 0 Å². The second kappa shape index (κ2) is 5.32. The van der Waals surface area contributed by atoms with Crippen LogP contribution >= 0.6 is 0 Å². The zero-order chi connectivity index (χ0) is 10.6. The van der Waals surface area contributed by atoms with E-state index in [0.29, 0.717) is 6.04 Å². The summed E-state index contributed by atoms with van der Waals surface area (Å²) in [5.74, 6) is -0.187. The molecule has 1 rings (SSSR count). The zero-order valence-corrected chi connectivity index (χ0v) is 9.12. The van der Waals surface area contributed by atoms with Crippen LogP contribution in [0.5, 0.6) is 0 Å². The maximum Gasteiger partial charge on any atom is 0.234 e. The standard InChI is InChI=1S/C10H21N3O/c1-3-5-13(8-6-12-7-8)9(4-2)10(11)14/h8-9,12H,3-7H2,1-2H3,(H2,11,14). The maximum atomic E-state index is 11.3. The first kappa shape index (κ1) is 11.5. The molecule has 0 radical (unpaired) electrons. The molecule has 1 unspecified atom stereocenters. The number of rotatable bonds is 6. The SMILES string of the molecule is CCCN(C1CNC1)C(CC)C(N)=O. The van der Waals surface area contributed by atoms with Crippen molar-refractivity contribution in [3.05, 3.63) is 0 Å². The van der Waals surface area contributed by atoms with Crippen LogP contribution in [0.3, 0.4) is 0 Å². The minimum atomic E-state index is -0.187. The van der Waals surface area contributed by atoms with Gasteiger partial charge < -0.3 is 11.1 Å². The Kier molecular flexibility index (Phi) is 4.35. The Bertz CT molecular complexity index is 192. The molecule has 14 heavy (non-hydrogen) atoms. The van der Waals surface area contributed by atoms with E-state index in [9.17, 15) is 4.79 Å². The predicted molar refractivity (Wildman–Crippen MR) is 56.9 cm³/mol. The number of carbonyl (C=O) groups is 1. The van der Waals surface area contributed by atoms with Gasteiger partial charge in [0.05, 0.1) is 6.04 Å². The fourth-order valence-corrected chi connectivity index (χ4v) is 1.96. The molecule has 4 nitrogen and oxygen atoms in total. The summed E-state index contributed by atoms with van der Waals surface area (Å²) in [7, 11) is 0. The van der Waals surface area contributed by atoms with E-state index in [1.54, 1.807) is 0 Å². The van der Waals surface area contributed by atoms with Gasteiger partial charge in [-0.2, -0.15) is 0 Å². The van der Waals surface area contributed by atoms with Crippen LogP contribution in [0.2, 0.25) is 0 Å². The summed E-state index contributed by atoms with van der Waals surface area (Å²) in [6, 6.07) is 0.425. The predicted octanol–water partition coefficient (Wildman–Crippen LogP) is -0.0659. The number of carbonyl (C=O) groups excluding carboxylic acids is 1. The van der Waals surface area contributed by atoms with Crippen molar-refractivity contribution >= 4 is 5.91 Å². The van der Waals surface area contributed by atoms with E-state index >= 15 is 0 Å². The van der Waals surface area contributed by atoms with Crippen LogP contribution in [0.15, 0.2) is 0 Å². The lowest BCUT2D eigenvalue weighted by Crippen LogP contribution is -2.62. The average Bonchev–Trinajstić information content (AvgIpc) is 2.01. The summed E-state index contributed by atoms with van der Waals surface area (Å²) in [6.45, 7) is 7.10. The summed E-state index contributed by atoms with van der Waals surface area (Å²) in [6.07, 6.45) is 1.88. The number of nitrogens with two attached hydrogens (primary N) is 1. The van der Waals surface area contributed by atoms with Crippen molar-refractivity contribution in [2.24, 2.45) is 5.73 Å². The number of primary amides is 1. The molecule has 1 amide bonds. The van der Waals surface area contributed by atoms with E-state index in [-0.39, 0.29) is 11.9 Å². The van der Waals surface area contributed by atoms with Gasteiger partial charge in [-0.15, -0.1) is 0 Å². The minimum Gasteiger partial charge on any atom is -0.368 e. The first-order valence-corrected chi connectivity index (χ1v) is 5.46. The molecule has 1 heterocycles. The zero-order valence-electron chi connectivity index (χ0n) is 9.12. The van der Waals surface area contributed by atoms with E-state index in [1.165, 1.54) is 0 Å². The number of amides is 1. The Morgan fingerprint density at radius 3 is 2.50 bits per heavy atom. The summed E-state index contributed by atoms with van der Waals surface area (Å²) < 4.78 is 0. The van der Waals surface area contributed by atoms with Gasteiger partial charge in [0.25, 0.3) is 0 Å². The van der Waals surface area contributed by atoms with Crippen LogP contribution in [0.25, 0.3) is 0 Å².